The molecule has 0 fully saturated rings. The molecule has 3 rings (SSSR count). The highest BCUT2D eigenvalue weighted by Crippen LogP contribution is 2.43. The maximum Gasteiger partial charge on any atom is 0.240 e. The average Bonchev–Trinajstić information content (AvgIpc) is 2.81. The number of nitrogens with zero attached hydrogens (tertiary/aromatic N) is 1. The first-order chi connectivity index (χ1) is 11.4. The molecule has 0 saturated heterocycles. The molecule has 0 unspecified atom stereocenters. The zero-order valence-electron chi connectivity index (χ0n) is 12.6. The van der Waals surface area contributed by atoms with Crippen LogP contribution < -0.4 is 0 Å². The second-order valence-electron chi connectivity index (χ2n) is 5.27. The summed E-state index contributed by atoms with van der Waals surface area (Å²) in [6.07, 6.45) is 0. The number of hydrogen-bond donors (Lipinski definition) is 2. The Balaban J connectivity index is 2.36. The number of hydrogen-bond acceptors (Lipinski definition) is 3. The second-order valence-corrected chi connectivity index (χ2v) is 6.19. The minimum atomic E-state index is -0.496. The van der Waals surface area contributed by atoms with E-state index in [4.69, 9.17) is 0 Å². The van der Waals surface area contributed by atoms with Crippen LogP contribution in [0.3, 0.4) is 0 Å². The van der Waals surface area contributed by atoms with Crippen LogP contribution in [-0.2, 0) is 0 Å². The smallest absolute Gasteiger partial charge is 0.240 e. The number of aromatic nitrogens is 1. The number of carbonyl (C=O) groups excluding carboxylic acids is 1. The molecule has 0 aliphatic carbocycles. The minimum Gasteiger partial charge on any atom is -0.503 e. The molecule has 2 aromatic carbocycles. The predicted octanol–water partition coefficient (Wildman–Crippen LogP) is 4.66. The van der Waals surface area contributed by atoms with Gasteiger partial charge in [-0.2, -0.15) is 0 Å². The fourth-order valence-electron chi connectivity index (χ4n) is 2.60. The van der Waals surface area contributed by atoms with E-state index in [-0.39, 0.29) is 5.56 Å². The Kier molecular flexibility index (Phi) is 4.15. The first-order valence-electron chi connectivity index (χ1n) is 7.09. The molecule has 0 radical (unpaired) electrons. The fraction of sp³-hybridized carbons (Fsp3) is 0.0556. The van der Waals surface area contributed by atoms with E-state index < -0.39 is 23.2 Å². The van der Waals surface area contributed by atoms with Crippen LogP contribution in [0.1, 0.15) is 17.3 Å². The van der Waals surface area contributed by atoms with Gasteiger partial charge in [0.1, 0.15) is 5.82 Å². The van der Waals surface area contributed by atoms with Crippen LogP contribution in [-0.4, -0.2) is 20.6 Å². The maximum absolute atomic E-state index is 13.2. The molecule has 0 spiro atoms. The lowest BCUT2D eigenvalue weighted by atomic mass is 10.0. The molecule has 3 aromatic rings. The van der Waals surface area contributed by atoms with E-state index in [9.17, 15) is 19.4 Å². The molecule has 0 bridgehead atoms. The molecule has 0 amide bonds. The van der Waals surface area contributed by atoms with E-state index in [1.807, 2.05) is 0 Å². The molecule has 24 heavy (non-hydrogen) atoms. The molecule has 4 nitrogen and oxygen atoms in total. The monoisotopic (exact) mass is 389 g/mol. The van der Waals surface area contributed by atoms with E-state index in [1.54, 1.807) is 24.3 Å². The Morgan fingerprint density at radius 2 is 1.62 bits per heavy atom. The number of Topliss-reactive ketones (excluding diaryl/α,β-unsaturated/α-hetero) is 1. The Labute approximate surface area is 145 Å². The molecular formula is C18H13BrFNO3. The third-order valence-electron chi connectivity index (χ3n) is 3.68. The van der Waals surface area contributed by atoms with Crippen LogP contribution in [0.5, 0.6) is 11.6 Å². The Bertz CT molecular complexity index is 915. The molecule has 6 heteroatoms. The minimum absolute atomic E-state index is 0.0120. The van der Waals surface area contributed by atoms with E-state index in [0.29, 0.717) is 16.9 Å². The number of benzene rings is 2. The summed E-state index contributed by atoms with van der Waals surface area (Å²) in [5.74, 6) is -1.76. The fourth-order valence-corrected chi connectivity index (χ4v) is 2.87. The Morgan fingerprint density at radius 3 is 2.17 bits per heavy atom. The van der Waals surface area contributed by atoms with Gasteiger partial charge < -0.3 is 10.2 Å². The van der Waals surface area contributed by atoms with Crippen LogP contribution >= 0.6 is 15.9 Å². The van der Waals surface area contributed by atoms with E-state index in [0.717, 1.165) is 4.47 Å². The molecule has 0 saturated carbocycles. The van der Waals surface area contributed by atoms with Crippen molar-refractivity contribution in [3.8, 4) is 28.6 Å². The standard InChI is InChI=1S/C18H13BrFNO3/c1-10(22)15-16(11-2-6-13(20)7-3-11)21(18(24)17(15)23)14-8-4-12(19)5-9-14/h2-9,23-24H,1H3. The van der Waals surface area contributed by atoms with Gasteiger partial charge in [0.15, 0.2) is 11.5 Å². The van der Waals surface area contributed by atoms with Crippen molar-refractivity contribution in [1.29, 1.82) is 0 Å². The molecular weight excluding hydrogens is 377 g/mol. The third kappa shape index (κ3) is 2.69. The van der Waals surface area contributed by atoms with Gasteiger partial charge in [0, 0.05) is 10.2 Å². The van der Waals surface area contributed by atoms with Crippen LogP contribution in [0.2, 0.25) is 0 Å². The molecule has 1 heterocycles. The normalized spacial score (nSPS) is 10.8. The summed E-state index contributed by atoms with van der Waals surface area (Å²) in [5.41, 5.74) is 1.35. The van der Waals surface area contributed by atoms with Crippen LogP contribution in [0, 0.1) is 5.82 Å². The molecule has 0 atom stereocenters. The van der Waals surface area contributed by atoms with Crippen LogP contribution in [0.25, 0.3) is 16.9 Å². The van der Waals surface area contributed by atoms with Gasteiger partial charge in [0.2, 0.25) is 5.88 Å². The molecule has 1 aromatic heterocycles. The Morgan fingerprint density at radius 1 is 1.04 bits per heavy atom. The van der Waals surface area contributed by atoms with Gasteiger partial charge in [-0.3, -0.25) is 9.36 Å². The van der Waals surface area contributed by atoms with Gasteiger partial charge in [0.05, 0.1) is 11.3 Å². The van der Waals surface area contributed by atoms with Crippen molar-refractivity contribution >= 4 is 21.7 Å². The summed E-state index contributed by atoms with van der Waals surface area (Å²) in [4.78, 5) is 12.0. The predicted molar refractivity (Wildman–Crippen MR) is 92.2 cm³/mol. The number of rotatable bonds is 3. The van der Waals surface area contributed by atoms with Gasteiger partial charge >= 0.3 is 0 Å². The molecule has 2 N–H and O–H groups in total. The van der Waals surface area contributed by atoms with Crippen LogP contribution in [0.4, 0.5) is 4.39 Å². The molecule has 122 valence electrons. The number of ketones is 1. The van der Waals surface area contributed by atoms with Gasteiger partial charge in [-0.05, 0) is 61.0 Å². The summed E-state index contributed by atoms with van der Waals surface area (Å²) in [6.45, 7) is 1.30. The zero-order valence-corrected chi connectivity index (χ0v) is 14.2. The quantitative estimate of drug-likeness (QED) is 0.640. The van der Waals surface area contributed by atoms with Crippen LogP contribution in [0.15, 0.2) is 53.0 Å². The lowest BCUT2D eigenvalue weighted by Crippen LogP contribution is -2.00. The first kappa shape index (κ1) is 16.3. The molecule has 0 aliphatic heterocycles. The van der Waals surface area contributed by atoms with E-state index in [2.05, 4.69) is 15.9 Å². The lowest BCUT2D eigenvalue weighted by molar-refractivity contribution is 0.101. The largest absolute Gasteiger partial charge is 0.503 e. The SMILES string of the molecule is CC(=O)c1c(O)c(O)n(-c2ccc(Br)cc2)c1-c1ccc(F)cc1. The van der Waals surface area contributed by atoms with Crippen molar-refractivity contribution in [3.63, 3.8) is 0 Å². The average molecular weight is 390 g/mol. The summed E-state index contributed by atoms with van der Waals surface area (Å²) >= 11 is 3.33. The van der Waals surface area contributed by atoms with Crippen molar-refractivity contribution in [3.05, 3.63) is 64.4 Å². The van der Waals surface area contributed by atoms with Crippen molar-refractivity contribution in [2.24, 2.45) is 0 Å². The van der Waals surface area contributed by atoms with E-state index in [1.165, 1.54) is 35.8 Å². The molecule has 0 aliphatic rings. The van der Waals surface area contributed by atoms with Crippen molar-refractivity contribution in [2.45, 2.75) is 6.92 Å². The van der Waals surface area contributed by atoms with Gasteiger partial charge in [-0.25, -0.2) is 4.39 Å². The summed E-state index contributed by atoms with van der Waals surface area (Å²) in [6, 6.07) is 12.5. The number of halogens is 2. The third-order valence-corrected chi connectivity index (χ3v) is 4.20. The van der Waals surface area contributed by atoms with Crippen molar-refractivity contribution in [2.75, 3.05) is 0 Å². The number of aromatic hydroxyl groups is 2. The highest BCUT2D eigenvalue weighted by atomic mass is 79.9. The number of carbonyl (C=O) groups is 1. The van der Waals surface area contributed by atoms with E-state index >= 15 is 0 Å². The van der Waals surface area contributed by atoms with Crippen molar-refractivity contribution in [1.82, 2.24) is 4.57 Å². The van der Waals surface area contributed by atoms with Gasteiger partial charge in [-0.1, -0.05) is 15.9 Å². The van der Waals surface area contributed by atoms with Gasteiger partial charge in [0.25, 0.3) is 0 Å². The lowest BCUT2D eigenvalue weighted by Gasteiger charge is -2.12. The summed E-state index contributed by atoms with van der Waals surface area (Å²) < 4.78 is 15.4. The second kappa shape index (κ2) is 6.13. The zero-order chi connectivity index (χ0) is 17.4. The summed E-state index contributed by atoms with van der Waals surface area (Å²) in [5, 5.41) is 20.6. The van der Waals surface area contributed by atoms with Gasteiger partial charge in [-0.15, -0.1) is 0 Å². The highest BCUT2D eigenvalue weighted by Gasteiger charge is 2.27. The highest BCUT2D eigenvalue weighted by molar-refractivity contribution is 9.10. The topological polar surface area (TPSA) is 62.5 Å². The first-order valence-corrected chi connectivity index (χ1v) is 7.89. The maximum atomic E-state index is 13.2. The summed E-state index contributed by atoms with van der Waals surface area (Å²) in [7, 11) is 0. The van der Waals surface area contributed by atoms with Crippen molar-refractivity contribution < 1.29 is 19.4 Å². The Hall–Kier alpha value is -2.60.